The van der Waals surface area contributed by atoms with E-state index in [0.29, 0.717) is 22.2 Å². The molecule has 1 heterocycles. The van der Waals surface area contributed by atoms with Crippen molar-refractivity contribution >= 4 is 39.5 Å². The summed E-state index contributed by atoms with van der Waals surface area (Å²) >= 11 is 0. The smallest absolute Gasteiger partial charge is 0.411 e. The molecule has 0 unspecified atom stereocenters. The second-order valence-electron chi connectivity index (χ2n) is 6.75. The van der Waals surface area contributed by atoms with Crippen LogP contribution in [0.5, 0.6) is 0 Å². The van der Waals surface area contributed by atoms with Crippen LogP contribution in [0.2, 0.25) is 0 Å². The number of amides is 1. The van der Waals surface area contributed by atoms with Gasteiger partial charge in [-0.05, 0) is 35.9 Å². The minimum absolute atomic E-state index is 0.102. The Kier molecular flexibility index (Phi) is 5.66. The predicted molar refractivity (Wildman–Crippen MR) is 116 cm³/mol. The maximum atomic E-state index is 12.7. The third-order valence-corrected chi connectivity index (χ3v) is 4.72. The first-order valence-electron chi connectivity index (χ1n) is 9.70. The van der Waals surface area contributed by atoms with Crippen LogP contribution in [0.1, 0.15) is 22.8 Å². The molecule has 0 atom stereocenters. The van der Waals surface area contributed by atoms with Gasteiger partial charge in [-0.25, -0.2) is 14.4 Å². The number of esters is 1. The lowest BCUT2D eigenvalue weighted by molar-refractivity contribution is 0.0476. The highest BCUT2D eigenvalue weighted by Crippen LogP contribution is 2.24. The summed E-state index contributed by atoms with van der Waals surface area (Å²) < 4.78 is 15.6. The van der Waals surface area contributed by atoms with Crippen LogP contribution < -0.4 is 10.9 Å². The summed E-state index contributed by atoms with van der Waals surface area (Å²) in [4.78, 5) is 36.3. The molecule has 0 aliphatic heterocycles. The Balaban J connectivity index is 1.58. The van der Waals surface area contributed by atoms with Crippen LogP contribution >= 0.6 is 0 Å². The predicted octanol–water partition coefficient (Wildman–Crippen LogP) is 4.87. The number of fused-ring (bicyclic) bond motifs is 2. The summed E-state index contributed by atoms with van der Waals surface area (Å²) in [6.45, 7) is 1.83. The van der Waals surface area contributed by atoms with E-state index in [1.54, 1.807) is 31.2 Å². The van der Waals surface area contributed by atoms with Crippen LogP contribution in [0.15, 0.2) is 75.9 Å². The number of nitrogens with one attached hydrogen (secondary N) is 1. The molecule has 31 heavy (non-hydrogen) atoms. The quantitative estimate of drug-likeness (QED) is 0.368. The molecule has 7 nitrogen and oxygen atoms in total. The Morgan fingerprint density at radius 1 is 0.935 bits per heavy atom. The SMILES string of the molecule is CCOC(=O)Nc1ccc2c(COC(=O)c3cccc4ccccc34)cc(=O)oc2c1. The van der Waals surface area contributed by atoms with E-state index in [0.717, 1.165) is 10.8 Å². The Bertz CT molecular complexity index is 1340. The lowest BCUT2D eigenvalue weighted by atomic mass is 10.0. The van der Waals surface area contributed by atoms with Crippen molar-refractivity contribution in [3.8, 4) is 0 Å². The molecule has 7 heteroatoms. The van der Waals surface area contributed by atoms with Gasteiger partial charge in [-0.15, -0.1) is 0 Å². The molecule has 0 saturated heterocycles. The molecular weight excluding hydrogens is 398 g/mol. The van der Waals surface area contributed by atoms with Crippen LogP contribution in [0.4, 0.5) is 10.5 Å². The highest BCUT2D eigenvalue weighted by molar-refractivity contribution is 6.04. The highest BCUT2D eigenvalue weighted by atomic mass is 16.5. The number of hydrogen-bond donors (Lipinski definition) is 1. The fourth-order valence-corrected chi connectivity index (χ4v) is 3.34. The molecule has 3 aromatic carbocycles. The van der Waals surface area contributed by atoms with Crippen molar-refractivity contribution in [3.05, 3.63) is 88.3 Å². The topological polar surface area (TPSA) is 94.8 Å². The number of carbonyl (C=O) groups is 2. The average Bonchev–Trinajstić information content (AvgIpc) is 2.76. The molecular formula is C24H19NO6. The number of carbonyl (C=O) groups excluding carboxylic acids is 2. The lowest BCUT2D eigenvalue weighted by Crippen LogP contribution is -2.13. The van der Waals surface area contributed by atoms with Crippen molar-refractivity contribution in [1.82, 2.24) is 0 Å². The van der Waals surface area contributed by atoms with Crippen LogP contribution in [-0.2, 0) is 16.1 Å². The molecule has 1 N–H and O–H groups in total. The summed E-state index contributed by atoms with van der Waals surface area (Å²) in [7, 11) is 0. The summed E-state index contributed by atoms with van der Waals surface area (Å²) in [5, 5.41) is 4.88. The zero-order chi connectivity index (χ0) is 21.8. The van der Waals surface area contributed by atoms with Crippen LogP contribution in [0, 0.1) is 0 Å². The first-order valence-corrected chi connectivity index (χ1v) is 9.70. The van der Waals surface area contributed by atoms with E-state index < -0.39 is 17.7 Å². The van der Waals surface area contributed by atoms with Crippen molar-refractivity contribution < 1.29 is 23.5 Å². The van der Waals surface area contributed by atoms with Crippen molar-refractivity contribution in [3.63, 3.8) is 0 Å². The molecule has 0 spiro atoms. The van der Waals surface area contributed by atoms with Gasteiger partial charge in [0.1, 0.15) is 12.2 Å². The average molecular weight is 417 g/mol. The lowest BCUT2D eigenvalue weighted by Gasteiger charge is -2.10. The fraction of sp³-hybridized carbons (Fsp3) is 0.125. The molecule has 0 bridgehead atoms. The Morgan fingerprint density at radius 3 is 2.58 bits per heavy atom. The van der Waals surface area contributed by atoms with E-state index in [2.05, 4.69) is 5.32 Å². The van der Waals surface area contributed by atoms with Gasteiger partial charge in [-0.3, -0.25) is 5.32 Å². The van der Waals surface area contributed by atoms with Crippen molar-refractivity contribution in [2.75, 3.05) is 11.9 Å². The second-order valence-corrected chi connectivity index (χ2v) is 6.75. The molecule has 1 amide bonds. The van der Waals surface area contributed by atoms with Crippen molar-refractivity contribution in [2.45, 2.75) is 13.5 Å². The zero-order valence-corrected chi connectivity index (χ0v) is 16.7. The summed E-state index contributed by atoms with van der Waals surface area (Å²) in [5.41, 5.74) is 1.04. The molecule has 0 fully saturated rings. The minimum atomic E-state index is -0.607. The minimum Gasteiger partial charge on any atom is -0.457 e. The van der Waals surface area contributed by atoms with Gasteiger partial charge in [-0.1, -0.05) is 36.4 Å². The first kappa shape index (κ1) is 20.2. The summed E-state index contributed by atoms with van der Waals surface area (Å²) in [6, 6.07) is 19.1. The van der Waals surface area contributed by atoms with Gasteiger partial charge in [0.25, 0.3) is 0 Å². The first-order chi connectivity index (χ1) is 15.0. The summed E-state index contributed by atoms with van der Waals surface area (Å²) in [5.74, 6) is -0.487. The Labute approximate surface area is 177 Å². The number of ether oxygens (including phenoxy) is 2. The van der Waals surface area contributed by atoms with Gasteiger partial charge in [-0.2, -0.15) is 0 Å². The van der Waals surface area contributed by atoms with Gasteiger partial charge >= 0.3 is 17.7 Å². The van der Waals surface area contributed by atoms with Crippen LogP contribution in [0.3, 0.4) is 0 Å². The zero-order valence-electron chi connectivity index (χ0n) is 16.7. The Hall–Kier alpha value is -4.13. The highest BCUT2D eigenvalue weighted by Gasteiger charge is 2.14. The number of benzene rings is 3. The van der Waals surface area contributed by atoms with E-state index in [-0.39, 0.29) is 18.8 Å². The Morgan fingerprint density at radius 2 is 1.74 bits per heavy atom. The van der Waals surface area contributed by atoms with E-state index in [1.165, 1.54) is 12.1 Å². The molecule has 4 rings (SSSR count). The van der Waals surface area contributed by atoms with E-state index >= 15 is 0 Å². The maximum Gasteiger partial charge on any atom is 0.411 e. The van der Waals surface area contributed by atoms with Crippen LogP contribution in [0.25, 0.3) is 21.7 Å². The molecule has 0 aliphatic rings. The third-order valence-electron chi connectivity index (χ3n) is 4.72. The molecule has 0 saturated carbocycles. The van der Waals surface area contributed by atoms with E-state index in [1.807, 2.05) is 30.3 Å². The molecule has 0 radical (unpaired) electrons. The van der Waals surface area contributed by atoms with Crippen molar-refractivity contribution in [1.29, 1.82) is 0 Å². The van der Waals surface area contributed by atoms with Gasteiger partial charge in [0.05, 0.1) is 12.2 Å². The third kappa shape index (κ3) is 4.40. The second kappa shape index (κ2) is 8.71. The number of anilines is 1. The van der Waals surface area contributed by atoms with E-state index in [4.69, 9.17) is 13.9 Å². The normalized spacial score (nSPS) is 10.7. The standard InChI is InChI=1S/C24H19NO6/c1-2-29-24(28)25-17-10-11-19-16(12-22(26)31-21(19)13-17)14-30-23(27)20-9-5-7-15-6-3-4-8-18(15)20/h3-13H,2,14H2,1H3,(H,25,28). The molecule has 156 valence electrons. The fourth-order valence-electron chi connectivity index (χ4n) is 3.34. The molecule has 0 aliphatic carbocycles. The van der Waals surface area contributed by atoms with Crippen LogP contribution in [-0.4, -0.2) is 18.7 Å². The van der Waals surface area contributed by atoms with Crippen molar-refractivity contribution in [2.24, 2.45) is 0 Å². The number of hydrogen-bond acceptors (Lipinski definition) is 6. The molecule has 1 aromatic heterocycles. The largest absolute Gasteiger partial charge is 0.457 e. The van der Waals surface area contributed by atoms with Gasteiger partial charge in [0.2, 0.25) is 0 Å². The monoisotopic (exact) mass is 417 g/mol. The van der Waals surface area contributed by atoms with Gasteiger partial charge < -0.3 is 13.9 Å². The van der Waals surface area contributed by atoms with Gasteiger partial charge in [0, 0.05) is 28.8 Å². The maximum absolute atomic E-state index is 12.7. The van der Waals surface area contributed by atoms with E-state index in [9.17, 15) is 14.4 Å². The molecule has 4 aromatic rings. The summed E-state index contributed by atoms with van der Waals surface area (Å²) in [6.07, 6.45) is -0.607. The number of rotatable bonds is 5. The van der Waals surface area contributed by atoms with Gasteiger partial charge in [0.15, 0.2) is 0 Å².